The zero-order valence-corrected chi connectivity index (χ0v) is 16.3. The van der Waals surface area contributed by atoms with Crippen molar-refractivity contribution in [2.45, 2.75) is 52.4 Å². The van der Waals surface area contributed by atoms with Gasteiger partial charge in [0, 0.05) is 19.3 Å². The van der Waals surface area contributed by atoms with Crippen LogP contribution in [0.1, 0.15) is 62.7 Å². The van der Waals surface area contributed by atoms with Gasteiger partial charge < -0.3 is 4.90 Å². The van der Waals surface area contributed by atoms with Crippen molar-refractivity contribution >= 4 is 17.6 Å². The van der Waals surface area contributed by atoms with Crippen molar-refractivity contribution in [3.8, 4) is 0 Å². The van der Waals surface area contributed by atoms with Crippen molar-refractivity contribution in [3.05, 3.63) is 23.9 Å². The van der Waals surface area contributed by atoms with Gasteiger partial charge in [0.05, 0.1) is 11.0 Å². The highest BCUT2D eigenvalue weighted by molar-refractivity contribution is 5.95. The zero-order valence-electron chi connectivity index (χ0n) is 16.3. The first-order chi connectivity index (χ1) is 13.0. The summed E-state index contributed by atoms with van der Waals surface area (Å²) < 4.78 is 0. The van der Waals surface area contributed by atoms with Crippen LogP contribution in [0.3, 0.4) is 0 Å². The second-order valence-corrected chi connectivity index (χ2v) is 8.68. The first-order valence-corrected chi connectivity index (χ1v) is 10.3. The Balaban J connectivity index is 1.36. The first-order valence-electron chi connectivity index (χ1n) is 10.3. The fourth-order valence-corrected chi connectivity index (χ4v) is 5.96. The van der Waals surface area contributed by atoms with E-state index in [0.717, 1.165) is 38.2 Å². The molecule has 0 spiro atoms. The molecule has 27 heavy (non-hydrogen) atoms. The monoisotopic (exact) mass is 370 g/mol. The number of carbonyl (C=O) groups excluding carboxylic acids is 2. The van der Waals surface area contributed by atoms with Gasteiger partial charge in [-0.05, 0) is 82.3 Å². The van der Waals surface area contributed by atoms with Gasteiger partial charge in [-0.3, -0.25) is 20.4 Å². The van der Waals surface area contributed by atoms with E-state index in [1.54, 1.807) is 12.3 Å². The predicted octanol–water partition coefficient (Wildman–Crippen LogP) is 2.91. The summed E-state index contributed by atoms with van der Waals surface area (Å²) in [5.41, 5.74) is 5.53. The first kappa shape index (κ1) is 18.3. The van der Waals surface area contributed by atoms with Crippen LogP contribution in [-0.2, 0) is 4.79 Å². The highest BCUT2D eigenvalue weighted by Crippen LogP contribution is 2.60. The maximum absolute atomic E-state index is 12.9. The molecule has 2 amide bonds. The Morgan fingerprint density at radius 1 is 1.04 bits per heavy atom. The molecule has 4 aliphatic carbocycles. The van der Waals surface area contributed by atoms with Crippen molar-refractivity contribution < 1.29 is 9.59 Å². The highest BCUT2D eigenvalue weighted by Gasteiger charge is 2.54. The van der Waals surface area contributed by atoms with E-state index in [1.807, 2.05) is 6.07 Å². The summed E-state index contributed by atoms with van der Waals surface area (Å²) in [6.45, 7) is 5.89. The van der Waals surface area contributed by atoms with Gasteiger partial charge in [0.2, 0.25) is 5.91 Å². The second-order valence-electron chi connectivity index (χ2n) is 8.68. The van der Waals surface area contributed by atoms with E-state index in [-0.39, 0.29) is 17.2 Å². The quantitative estimate of drug-likeness (QED) is 0.782. The number of anilines is 1. The minimum Gasteiger partial charge on any atom is -0.357 e. The normalized spacial score (nSPS) is 30.8. The van der Waals surface area contributed by atoms with Gasteiger partial charge >= 0.3 is 0 Å². The van der Waals surface area contributed by atoms with Crippen molar-refractivity contribution in [3.63, 3.8) is 0 Å². The Labute approximate surface area is 161 Å². The van der Waals surface area contributed by atoms with E-state index >= 15 is 0 Å². The van der Waals surface area contributed by atoms with Crippen molar-refractivity contribution in [1.29, 1.82) is 0 Å². The van der Waals surface area contributed by atoms with E-state index in [1.165, 1.54) is 19.3 Å². The average Bonchev–Trinajstić information content (AvgIpc) is 2.66. The summed E-state index contributed by atoms with van der Waals surface area (Å²) in [7, 11) is 0. The van der Waals surface area contributed by atoms with Crippen LogP contribution in [0.15, 0.2) is 18.3 Å². The lowest BCUT2D eigenvalue weighted by molar-refractivity contribution is -0.147. The maximum atomic E-state index is 12.9. The van der Waals surface area contributed by atoms with Gasteiger partial charge in [-0.15, -0.1) is 0 Å². The lowest BCUT2D eigenvalue weighted by Crippen LogP contribution is -2.56. The van der Waals surface area contributed by atoms with E-state index in [4.69, 9.17) is 0 Å². The molecule has 0 saturated heterocycles. The van der Waals surface area contributed by atoms with E-state index in [0.29, 0.717) is 23.3 Å². The Morgan fingerprint density at radius 2 is 1.63 bits per heavy atom. The standard InChI is InChI=1S/C21H30N4O2/c1-3-25(4-2)18-6-5-17(13-22-18)19(26)23-24-20(27)21-10-14-7-15(11-21)9-16(8-14)12-21/h5-6,13-16H,3-4,7-12H2,1-2H3,(H,23,26)(H,24,27). The molecule has 2 N–H and O–H groups in total. The van der Waals surface area contributed by atoms with Crippen LogP contribution < -0.4 is 15.8 Å². The molecule has 0 aromatic carbocycles. The van der Waals surface area contributed by atoms with Gasteiger partial charge in [-0.1, -0.05) is 0 Å². The number of aromatic nitrogens is 1. The van der Waals surface area contributed by atoms with Crippen molar-refractivity contribution in [2.75, 3.05) is 18.0 Å². The number of carbonyl (C=O) groups is 2. The second kappa shape index (κ2) is 7.13. The predicted molar refractivity (Wildman–Crippen MR) is 104 cm³/mol. The third kappa shape index (κ3) is 3.42. The molecule has 4 bridgehead atoms. The van der Waals surface area contributed by atoms with Gasteiger partial charge in [0.1, 0.15) is 5.82 Å². The lowest BCUT2D eigenvalue weighted by Gasteiger charge is -2.55. The topological polar surface area (TPSA) is 74.3 Å². The Morgan fingerprint density at radius 3 is 2.11 bits per heavy atom. The molecular formula is C21H30N4O2. The highest BCUT2D eigenvalue weighted by atomic mass is 16.2. The van der Waals surface area contributed by atoms with Crippen molar-refractivity contribution in [1.82, 2.24) is 15.8 Å². The van der Waals surface area contributed by atoms with E-state index in [9.17, 15) is 9.59 Å². The molecule has 0 radical (unpaired) electrons. The smallest absolute Gasteiger partial charge is 0.271 e. The number of hydrogen-bond donors (Lipinski definition) is 2. The molecule has 4 fully saturated rings. The van der Waals surface area contributed by atoms with Crippen LogP contribution in [0, 0.1) is 23.2 Å². The Kier molecular flexibility index (Phi) is 4.82. The van der Waals surface area contributed by atoms with E-state index in [2.05, 4.69) is 34.6 Å². The fourth-order valence-electron chi connectivity index (χ4n) is 5.96. The molecule has 4 aliphatic rings. The summed E-state index contributed by atoms with van der Waals surface area (Å²) in [5, 5.41) is 0. The molecule has 1 aromatic rings. The summed E-state index contributed by atoms with van der Waals surface area (Å²) in [4.78, 5) is 31.8. The summed E-state index contributed by atoms with van der Waals surface area (Å²) in [6.07, 6.45) is 8.42. The van der Waals surface area contributed by atoms with Crippen LogP contribution >= 0.6 is 0 Å². The molecular weight excluding hydrogens is 340 g/mol. The van der Waals surface area contributed by atoms with Crippen LogP contribution in [0.2, 0.25) is 0 Å². The zero-order chi connectivity index (χ0) is 19.0. The largest absolute Gasteiger partial charge is 0.357 e. The van der Waals surface area contributed by atoms with Gasteiger partial charge in [0.25, 0.3) is 5.91 Å². The number of rotatable bonds is 5. The molecule has 1 heterocycles. The number of amides is 2. The average molecular weight is 370 g/mol. The third-order valence-corrected chi connectivity index (χ3v) is 6.91. The van der Waals surface area contributed by atoms with Crippen LogP contribution in [0.25, 0.3) is 0 Å². The maximum Gasteiger partial charge on any atom is 0.271 e. The number of hydrogen-bond acceptors (Lipinski definition) is 4. The summed E-state index contributed by atoms with van der Waals surface area (Å²) in [5.74, 6) is 2.65. The number of nitrogens with one attached hydrogen (secondary N) is 2. The fraction of sp³-hybridized carbons (Fsp3) is 0.667. The minimum atomic E-state index is -0.313. The molecule has 6 heteroatoms. The van der Waals surface area contributed by atoms with E-state index < -0.39 is 0 Å². The lowest BCUT2D eigenvalue weighted by atomic mass is 9.49. The molecule has 0 aliphatic heterocycles. The molecule has 0 unspecified atom stereocenters. The summed E-state index contributed by atoms with van der Waals surface area (Å²) >= 11 is 0. The Hall–Kier alpha value is -2.11. The molecule has 4 saturated carbocycles. The van der Waals surface area contributed by atoms with Gasteiger partial charge in [-0.2, -0.15) is 0 Å². The molecule has 0 atom stereocenters. The van der Waals surface area contributed by atoms with Gasteiger partial charge in [0.15, 0.2) is 0 Å². The minimum absolute atomic E-state index is 0.00247. The summed E-state index contributed by atoms with van der Waals surface area (Å²) in [6, 6.07) is 3.61. The Bertz CT molecular complexity index is 676. The molecule has 5 rings (SSSR count). The molecule has 6 nitrogen and oxygen atoms in total. The van der Waals surface area contributed by atoms with Gasteiger partial charge in [-0.25, -0.2) is 4.98 Å². The third-order valence-electron chi connectivity index (χ3n) is 6.91. The van der Waals surface area contributed by atoms with Crippen molar-refractivity contribution in [2.24, 2.45) is 23.2 Å². The van der Waals surface area contributed by atoms with Crippen LogP contribution in [0.5, 0.6) is 0 Å². The number of hydrazine groups is 1. The van der Waals surface area contributed by atoms with Crippen LogP contribution in [-0.4, -0.2) is 29.9 Å². The SMILES string of the molecule is CCN(CC)c1ccc(C(=O)NNC(=O)C23CC4CC(CC(C4)C2)C3)cn1. The molecule has 1 aromatic heterocycles. The number of pyridine rings is 1. The number of nitrogens with zero attached hydrogens (tertiary/aromatic N) is 2. The van der Waals surface area contributed by atoms with Crippen LogP contribution in [0.4, 0.5) is 5.82 Å². The molecule has 146 valence electrons.